The third-order valence-electron chi connectivity index (χ3n) is 4.81. The van der Waals surface area contributed by atoms with Gasteiger partial charge in [0.2, 0.25) is 0 Å². The van der Waals surface area contributed by atoms with E-state index in [0.29, 0.717) is 39.1 Å². The Labute approximate surface area is 178 Å². The molecule has 0 fully saturated rings. The minimum atomic E-state index is -0.525. The van der Waals surface area contributed by atoms with Crippen molar-refractivity contribution in [1.29, 1.82) is 5.26 Å². The van der Waals surface area contributed by atoms with Crippen molar-refractivity contribution >= 4 is 22.7 Å². The van der Waals surface area contributed by atoms with Crippen LogP contribution in [0.15, 0.2) is 53.9 Å². The van der Waals surface area contributed by atoms with Gasteiger partial charge in [0.15, 0.2) is 17.3 Å². The first-order valence-electron chi connectivity index (χ1n) is 9.21. The summed E-state index contributed by atoms with van der Waals surface area (Å²) in [6.45, 7) is 0.203. The van der Waals surface area contributed by atoms with Crippen LogP contribution in [-0.2, 0) is 0 Å². The second kappa shape index (κ2) is 8.39. The van der Waals surface area contributed by atoms with E-state index in [1.165, 1.54) is 11.3 Å². The fraction of sp³-hybridized carbons (Fsp3) is 0.174. The van der Waals surface area contributed by atoms with Crippen LogP contribution in [0.2, 0.25) is 0 Å². The van der Waals surface area contributed by atoms with E-state index in [0.717, 1.165) is 5.56 Å². The third-order valence-corrected chi connectivity index (χ3v) is 5.69. The lowest BCUT2D eigenvalue weighted by Gasteiger charge is -2.21. The van der Waals surface area contributed by atoms with Gasteiger partial charge in [0.05, 0.1) is 37.0 Å². The quantitative estimate of drug-likeness (QED) is 0.562. The van der Waals surface area contributed by atoms with Crippen molar-refractivity contribution in [2.75, 3.05) is 20.8 Å². The van der Waals surface area contributed by atoms with Crippen LogP contribution in [0.1, 0.15) is 15.4 Å². The number of benzene rings is 2. The van der Waals surface area contributed by atoms with Gasteiger partial charge >= 0.3 is 0 Å². The lowest BCUT2D eigenvalue weighted by Crippen LogP contribution is -2.26. The van der Waals surface area contributed by atoms with E-state index in [-0.39, 0.29) is 12.4 Å². The van der Waals surface area contributed by atoms with Crippen molar-refractivity contribution in [2.24, 2.45) is 5.92 Å². The predicted molar refractivity (Wildman–Crippen MR) is 114 cm³/mol. The monoisotopic (exact) mass is 418 g/mol. The van der Waals surface area contributed by atoms with E-state index in [4.69, 9.17) is 14.2 Å². The Kier molecular flexibility index (Phi) is 5.50. The maximum absolute atomic E-state index is 12.8. The minimum absolute atomic E-state index is 0.0544. The van der Waals surface area contributed by atoms with Crippen molar-refractivity contribution in [2.45, 2.75) is 0 Å². The number of para-hydroxylation sites is 1. The van der Waals surface area contributed by atoms with Crippen LogP contribution in [0.5, 0.6) is 17.2 Å². The fourth-order valence-corrected chi connectivity index (χ4v) is 4.06. The summed E-state index contributed by atoms with van der Waals surface area (Å²) >= 11 is 1.35. The van der Waals surface area contributed by atoms with Gasteiger partial charge in [0.25, 0.3) is 0 Å². The van der Waals surface area contributed by atoms with E-state index in [1.54, 1.807) is 38.5 Å². The van der Waals surface area contributed by atoms with Crippen molar-refractivity contribution in [3.8, 4) is 34.6 Å². The van der Waals surface area contributed by atoms with E-state index >= 15 is 0 Å². The number of thiazole rings is 1. The topological polar surface area (TPSA) is 81.4 Å². The maximum atomic E-state index is 12.8. The number of Topliss-reactive ketones (excluding diaryl/α,β-unsaturated/α-hetero) is 1. The summed E-state index contributed by atoms with van der Waals surface area (Å²) in [6, 6.07) is 14.8. The average molecular weight is 418 g/mol. The molecule has 0 saturated heterocycles. The number of methoxy groups -OCH3 is 2. The number of carbonyl (C=O) groups excluding carboxylic acids is 1. The molecule has 3 aromatic rings. The summed E-state index contributed by atoms with van der Waals surface area (Å²) in [7, 11) is 3.16. The highest BCUT2D eigenvalue weighted by Gasteiger charge is 2.28. The van der Waals surface area contributed by atoms with Gasteiger partial charge in [-0.15, -0.1) is 11.3 Å². The molecular weight excluding hydrogens is 400 g/mol. The molecule has 1 aliphatic heterocycles. The molecule has 6 nitrogen and oxygen atoms in total. The molecule has 0 aliphatic carbocycles. The predicted octanol–water partition coefficient (Wildman–Crippen LogP) is 4.63. The van der Waals surface area contributed by atoms with E-state index in [2.05, 4.69) is 11.1 Å². The lowest BCUT2D eigenvalue weighted by molar-refractivity contribution is 0.0874. The first kappa shape index (κ1) is 19.7. The second-order valence-electron chi connectivity index (χ2n) is 6.58. The second-order valence-corrected chi connectivity index (χ2v) is 7.44. The normalized spacial score (nSPS) is 15.7. The fourth-order valence-electron chi connectivity index (χ4n) is 3.26. The number of fused-ring (bicyclic) bond motifs is 1. The number of nitrogens with zero attached hydrogens (tertiary/aromatic N) is 2. The summed E-state index contributed by atoms with van der Waals surface area (Å²) < 4.78 is 16.3. The molecule has 0 radical (unpaired) electrons. The summed E-state index contributed by atoms with van der Waals surface area (Å²) in [4.78, 5) is 17.4. The molecule has 0 saturated carbocycles. The SMILES string of the molecule is COc1ccc(-c2csc(/C(C#N)=C/[C@@H]3COc4ccccc4C3=O)n2)cc1OC. The Hall–Kier alpha value is -3.63. The summed E-state index contributed by atoms with van der Waals surface area (Å²) in [5.41, 5.74) is 2.45. The number of ether oxygens (including phenoxy) is 3. The Balaban J connectivity index is 1.62. The standard InChI is InChI=1S/C23H18N2O4S/c1-27-20-8-7-14(10-21(20)28-2)18-13-30-23(25-18)15(11-24)9-16-12-29-19-6-4-3-5-17(19)22(16)26/h3-10,13,16H,12H2,1-2H3/b15-9+/t16-/m1/s1. The van der Waals surface area contributed by atoms with E-state index in [9.17, 15) is 10.1 Å². The van der Waals surface area contributed by atoms with Crippen LogP contribution in [0.25, 0.3) is 16.8 Å². The van der Waals surface area contributed by atoms with E-state index in [1.807, 2.05) is 29.6 Å². The number of hydrogen-bond acceptors (Lipinski definition) is 7. The smallest absolute Gasteiger partial charge is 0.176 e. The Bertz CT molecular complexity index is 1180. The number of nitriles is 1. The average Bonchev–Trinajstić information content (AvgIpc) is 3.28. The van der Waals surface area contributed by atoms with Crippen LogP contribution in [0, 0.1) is 17.2 Å². The van der Waals surface area contributed by atoms with Crippen molar-refractivity contribution < 1.29 is 19.0 Å². The molecule has 1 aliphatic rings. The van der Waals surface area contributed by atoms with Crippen LogP contribution >= 0.6 is 11.3 Å². The van der Waals surface area contributed by atoms with Gasteiger partial charge in [-0.05, 0) is 36.4 Å². The zero-order valence-electron chi connectivity index (χ0n) is 16.4. The number of allylic oxidation sites excluding steroid dienone is 1. The van der Waals surface area contributed by atoms with Crippen molar-refractivity contribution in [1.82, 2.24) is 4.98 Å². The number of carbonyl (C=O) groups is 1. The number of rotatable bonds is 5. The molecule has 0 N–H and O–H groups in total. The zero-order valence-corrected chi connectivity index (χ0v) is 17.2. The molecule has 2 heterocycles. The molecular formula is C23H18N2O4S. The molecule has 0 unspecified atom stereocenters. The van der Waals surface area contributed by atoms with Gasteiger partial charge < -0.3 is 14.2 Å². The van der Waals surface area contributed by atoms with Crippen LogP contribution in [0.4, 0.5) is 0 Å². The van der Waals surface area contributed by atoms with Gasteiger partial charge in [-0.3, -0.25) is 4.79 Å². The number of aromatic nitrogens is 1. The molecule has 1 aromatic heterocycles. The van der Waals surface area contributed by atoms with Crippen molar-refractivity contribution in [3.05, 3.63) is 64.5 Å². The highest BCUT2D eigenvalue weighted by molar-refractivity contribution is 7.11. The molecule has 2 aromatic carbocycles. The van der Waals surface area contributed by atoms with Gasteiger partial charge in [-0.2, -0.15) is 5.26 Å². The van der Waals surface area contributed by atoms with Gasteiger partial charge in [0.1, 0.15) is 23.4 Å². The molecule has 1 atom stereocenters. The molecule has 0 bridgehead atoms. The maximum Gasteiger partial charge on any atom is 0.176 e. The highest BCUT2D eigenvalue weighted by Crippen LogP contribution is 2.34. The molecule has 0 amide bonds. The largest absolute Gasteiger partial charge is 0.493 e. The third kappa shape index (κ3) is 3.65. The summed E-state index contributed by atoms with van der Waals surface area (Å²) in [5.74, 6) is 1.23. The Morgan fingerprint density at radius 1 is 1.23 bits per heavy atom. The van der Waals surface area contributed by atoms with Crippen LogP contribution < -0.4 is 14.2 Å². The van der Waals surface area contributed by atoms with Crippen molar-refractivity contribution in [3.63, 3.8) is 0 Å². The van der Waals surface area contributed by atoms with Gasteiger partial charge in [-0.1, -0.05) is 12.1 Å². The minimum Gasteiger partial charge on any atom is -0.493 e. The first-order chi connectivity index (χ1) is 14.6. The molecule has 4 rings (SSSR count). The number of ketones is 1. The lowest BCUT2D eigenvalue weighted by atomic mass is 9.93. The van der Waals surface area contributed by atoms with Crippen LogP contribution in [0.3, 0.4) is 0 Å². The summed E-state index contributed by atoms with van der Waals surface area (Å²) in [5, 5.41) is 12.1. The first-order valence-corrected chi connectivity index (χ1v) is 10.1. The Morgan fingerprint density at radius 3 is 2.80 bits per heavy atom. The molecule has 7 heteroatoms. The van der Waals surface area contributed by atoms with Gasteiger partial charge in [0, 0.05) is 10.9 Å². The molecule has 30 heavy (non-hydrogen) atoms. The zero-order chi connectivity index (χ0) is 21.1. The van der Waals surface area contributed by atoms with E-state index < -0.39 is 5.92 Å². The number of hydrogen-bond donors (Lipinski definition) is 0. The van der Waals surface area contributed by atoms with Crippen LogP contribution in [-0.4, -0.2) is 31.6 Å². The molecule has 0 spiro atoms. The highest BCUT2D eigenvalue weighted by atomic mass is 32.1. The summed E-state index contributed by atoms with van der Waals surface area (Å²) in [6.07, 6.45) is 1.65. The van der Waals surface area contributed by atoms with Gasteiger partial charge in [-0.25, -0.2) is 4.98 Å². The molecule has 150 valence electrons. The Morgan fingerprint density at radius 2 is 2.03 bits per heavy atom.